The van der Waals surface area contributed by atoms with Crippen LogP contribution in [0.25, 0.3) is 21.9 Å². The van der Waals surface area contributed by atoms with Crippen LogP contribution in [0.2, 0.25) is 0 Å². The molecule has 1 saturated heterocycles. The van der Waals surface area contributed by atoms with E-state index in [1.54, 1.807) is 36.1 Å². The molecule has 0 saturated carbocycles. The molecule has 3 aromatic carbocycles. The predicted octanol–water partition coefficient (Wildman–Crippen LogP) is 3.76. The highest BCUT2D eigenvalue weighted by Crippen LogP contribution is 2.35. The smallest absolute Gasteiger partial charge is 0.322 e. The molecule has 1 aromatic heterocycles. The number of amides is 3. The van der Waals surface area contributed by atoms with Gasteiger partial charge in [-0.15, -0.1) is 0 Å². The van der Waals surface area contributed by atoms with Crippen LogP contribution in [0.3, 0.4) is 0 Å². The number of urea groups is 1. The molecule has 7 nitrogen and oxygen atoms in total. The van der Waals surface area contributed by atoms with E-state index in [9.17, 15) is 14.7 Å². The Bertz CT molecular complexity index is 1330. The normalized spacial score (nSPS) is 17.9. The van der Waals surface area contributed by atoms with E-state index < -0.39 is 17.5 Å². The highest BCUT2D eigenvalue weighted by molar-refractivity contribution is 6.07. The number of hydrogen-bond donors (Lipinski definition) is 3. The monoisotopic (exact) mass is 427 g/mol. The third kappa shape index (κ3) is 3.15. The van der Waals surface area contributed by atoms with Gasteiger partial charge in [-0.05, 0) is 34.9 Å². The van der Waals surface area contributed by atoms with Gasteiger partial charge in [0.15, 0.2) is 11.4 Å². The lowest BCUT2D eigenvalue weighted by molar-refractivity contribution is -0.124. The van der Waals surface area contributed by atoms with Crippen molar-refractivity contribution in [3.05, 3.63) is 84.6 Å². The Morgan fingerprint density at radius 2 is 1.69 bits per heavy atom. The summed E-state index contributed by atoms with van der Waals surface area (Å²) in [4.78, 5) is 25.1. The van der Waals surface area contributed by atoms with Crippen molar-refractivity contribution in [2.75, 3.05) is 7.11 Å². The molecule has 7 heteroatoms. The molecule has 32 heavy (non-hydrogen) atoms. The number of aromatic hydroxyl groups is 1. The number of carbonyl (C=O) groups is 2. The molecule has 3 amide bonds. The SMILES string of the molecule is COc1ccc2c(O)n(CC3(c4ccc(-c5ccccc5)cc4)NC(=O)NC3=O)cc2c1. The lowest BCUT2D eigenvalue weighted by Crippen LogP contribution is -2.47. The number of hydrogen-bond acceptors (Lipinski definition) is 4. The largest absolute Gasteiger partial charge is 0.497 e. The number of benzene rings is 3. The number of aromatic nitrogens is 1. The number of rotatable bonds is 5. The second-order valence-electron chi connectivity index (χ2n) is 7.79. The minimum absolute atomic E-state index is 0.0110. The Balaban J connectivity index is 1.56. The second-order valence-corrected chi connectivity index (χ2v) is 7.79. The Morgan fingerprint density at radius 1 is 0.969 bits per heavy atom. The third-order valence-electron chi connectivity index (χ3n) is 5.90. The summed E-state index contributed by atoms with van der Waals surface area (Å²) in [5, 5.41) is 17.3. The molecule has 0 radical (unpaired) electrons. The van der Waals surface area contributed by atoms with Crippen molar-refractivity contribution in [1.82, 2.24) is 15.2 Å². The molecular weight excluding hydrogens is 406 g/mol. The number of imide groups is 1. The Labute approximate surface area is 184 Å². The van der Waals surface area contributed by atoms with Gasteiger partial charge in [0, 0.05) is 17.0 Å². The van der Waals surface area contributed by atoms with E-state index in [1.807, 2.05) is 54.6 Å². The molecule has 1 aliphatic rings. The van der Waals surface area contributed by atoms with Crippen molar-refractivity contribution in [2.45, 2.75) is 12.1 Å². The van der Waals surface area contributed by atoms with Gasteiger partial charge in [-0.3, -0.25) is 10.1 Å². The van der Waals surface area contributed by atoms with Gasteiger partial charge >= 0.3 is 6.03 Å². The van der Waals surface area contributed by atoms with Gasteiger partial charge in [-0.2, -0.15) is 0 Å². The van der Waals surface area contributed by atoms with E-state index >= 15 is 0 Å². The molecule has 1 aliphatic heterocycles. The molecule has 4 aromatic rings. The summed E-state index contributed by atoms with van der Waals surface area (Å²) in [6.45, 7) is 0.0259. The maximum Gasteiger partial charge on any atom is 0.322 e. The molecule has 160 valence electrons. The molecule has 3 N–H and O–H groups in total. The van der Waals surface area contributed by atoms with Gasteiger partial charge in [0.2, 0.25) is 0 Å². The Kier molecular flexibility index (Phi) is 4.59. The van der Waals surface area contributed by atoms with Crippen LogP contribution in [0.1, 0.15) is 5.56 Å². The number of nitrogens with zero attached hydrogens (tertiary/aromatic N) is 1. The zero-order valence-electron chi connectivity index (χ0n) is 17.3. The van der Waals surface area contributed by atoms with Gasteiger partial charge in [-0.1, -0.05) is 54.6 Å². The van der Waals surface area contributed by atoms with Crippen LogP contribution in [0.5, 0.6) is 11.6 Å². The summed E-state index contributed by atoms with van der Waals surface area (Å²) in [5.74, 6) is 0.203. The maximum absolute atomic E-state index is 13.0. The van der Waals surface area contributed by atoms with Crippen molar-refractivity contribution >= 4 is 22.7 Å². The van der Waals surface area contributed by atoms with Crippen molar-refractivity contribution in [1.29, 1.82) is 0 Å². The first-order valence-electron chi connectivity index (χ1n) is 10.2. The van der Waals surface area contributed by atoms with Crippen LogP contribution in [0.4, 0.5) is 4.79 Å². The summed E-state index contributed by atoms with van der Waals surface area (Å²) in [6, 6.07) is 22.1. The maximum atomic E-state index is 13.0. The van der Waals surface area contributed by atoms with E-state index in [0.29, 0.717) is 16.7 Å². The Hall–Kier alpha value is -4.26. The van der Waals surface area contributed by atoms with Crippen molar-refractivity contribution < 1.29 is 19.4 Å². The summed E-state index contributed by atoms with van der Waals surface area (Å²) in [6.07, 6.45) is 1.74. The van der Waals surface area contributed by atoms with Gasteiger partial charge in [0.1, 0.15) is 5.75 Å². The fourth-order valence-corrected chi connectivity index (χ4v) is 4.21. The molecule has 0 spiro atoms. The zero-order valence-corrected chi connectivity index (χ0v) is 17.3. The van der Waals surface area contributed by atoms with Gasteiger partial charge in [0.25, 0.3) is 5.91 Å². The average molecular weight is 427 g/mol. The highest BCUT2D eigenvalue weighted by Gasteiger charge is 2.48. The van der Waals surface area contributed by atoms with Crippen LogP contribution in [-0.2, 0) is 16.9 Å². The standard InChI is InChI=1S/C25H21N3O4/c1-32-20-11-12-21-18(13-20)14-28(22(21)29)15-25(23(30)26-24(31)27-25)19-9-7-17(8-10-19)16-5-3-2-4-6-16/h2-14,29H,15H2,1H3,(H2,26,27,30,31). The van der Waals surface area contributed by atoms with Crippen LogP contribution in [0.15, 0.2) is 79.0 Å². The summed E-state index contributed by atoms with van der Waals surface area (Å²) < 4.78 is 6.83. The first kappa shape index (κ1) is 19.7. The zero-order chi connectivity index (χ0) is 22.3. The van der Waals surface area contributed by atoms with Crippen LogP contribution in [-0.4, -0.2) is 28.7 Å². The first-order chi connectivity index (χ1) is 15.5. The minimum atomic E-state index is -1.36. The van der Waals surface area contributed by atoms with Gasteiger partial charge in [-0.25, -0.2) is 4.79 Å². The molecule has 1 fully saturated rings. The molecule has 2 heterocycles. The van der Waals surface area contributed by atoms with Crippen LogP contribution >= 0.6 is 0 Å². The number of nitrogens with one attached hydrogen (secondary N) is 2. The lowest BCUT2D eigenvalue weighted by atomic mass is 9.88. The van der Waals surface area contributed by atoms with E-state index in [1.165, 1.54) is 0 Å². The van der Waals surface area contributed by atoms with Gasteiger partial charge in [0.05, 0.1) is 13.7 Å². The number of carbonyl (C=O) groups excluding carboxylic acids is 2. The van der Waals surface area contributed by atoms with E-state index in [-0.39, 0.29) is 12.4 Å². The topological polar surface area (TPSA) is 92.6 Å². The van der Waals surface area contributed by atoms with E-state index in [4.69, 9.17) is 4.74 Å². The molecule has 0 bridgehead atoms. The minimum Gasteiger partial charge on any atom is -0.497 e. The lowest BCUT2D eigenvalue weighted by Gasteiger charge is -2.27. The predicted molar refractivity (Wildman–Crippen MR) is 120 cm³/mol. The fraction of sp³-hybridized carbons (Fsp3) is 0.120. The molecule has 1 unspecified atom stereocenters. The number of methoxy groups -OCH3 is 1. The van der Waals surface area contributed by atoms with Gasteiger partial charge < -0.3 is 19.7 Å². The van der Waals surface area contributed by atoms with Crippen LogP contribution in [0, 0.1) is 0 Å². The van der Waals surface area contributed by atoms with Crippen molar-refractivity contribution in [2.24, 2.45) is 0 Å². The summed E-state index contributed by atoms with van der Waals surface area (Å²) in [7, 11) is 1.57. The van der Waals surface area contributed by atoms with Crippen LogP contribution < -0.4 is 15.4 Å². The highest BCUT2D eigenvalue weighted by atomic mass is 16.5. The van der Waals surface area contributed by atoms with Crippen molar-refractivity contribution in [3.63, 3.8) is 0 Å². The van der Waals surface area contributed by atoms with E-state index in [2.05, 4.69) is 10.6 Å². The molecule has 5 rings (SSSR count). The third-order valence-corrected chi connectivity index (χ3v) is 5.90. The second kappa shape index (κ2) is 7.46. The summed E-state index contributed by atoms with van der Waals surface area (Å²) >= 11 is 0. The van der Waals surface area contributed by atoms with E-state index in [0.717, 1.165) is 16.5 Å². The molecular formula is C25H21N3O4. The molecule has 0 aliphatic carbocycles. The van der Waals surface area contributed by atoms with Crippen molar-refractivity contribution in [3.8, 4) is 22.8 Å². The first-order valence-corrected chi connectivity index (χ1v) is 10.2. The molecule has 1 atom stereocenters. The number of fused-ring (bicyclic) bond motifs is 1. The Morgan fingerprint density at radius 3 is 2.34 bits per heavy atom. The number of ether oxygens (including phenoxy) is 1. The fourth-order valence-electron chi connectivity index (χ4n) is 4.21. The summed E-state index contributed by atoms with van der Waals surface area (Å²) in [5.41, 5.74) is 1.31. The average Bonchev–Trinajstić information content (AvgIpc) is 3.29. The quantitative estimate of drug-likeness (QED) is 0.423.